The fourth-order valence-corrected chi connectivity index (χ4v) is 5.78. The molecule has 1 aliphatic heterocycles. The van der Waals surface area contributed by atoms with Gasteiger partial charge in [0.1, 0.15) is 0 Å². The highest BCUT2D eigenvalue weighted by Crippen LogP contribution is 2.24. The van der Waals surface area contributed by atoms with Crippen LogP contribution in [0.1, 0.15) is 34.1 Å². The van der Waals surface area contributed by atoms with Crippen molar-refractivity contribution in [2.45, 2.75) is 32.1 Å². The van der Waals surface area contributed by atoms with E-state index in [9.17, 15) is 13.2 Å². The van der Waals surface area contributed by atoms with Crippen LogP contribution in [0.25, 0.3) is 5.82 Å². The van der Waals surface area contributed by atoms with Crippen molar-refractivity contribution in [2.24, 2.45) is 0 Å². The van der Waals surface area contributed by atoms with Gasteiger partial charge in [-0.2, -0.15) is 9.40 Å². The highest BCUT2D eigenvalue weighted by Gasteiger charge is 2.32. The number of aromatic nitrogens is 4. The van der Waals surface area contributed by atoms with Crippen LogP contribution >= 0.6 is 0 Å². The Labute approximate surface area is 199 Å². The molecule has 3 heterocycles. The largest absolute Gasteiger partial charge is 0.480 e. The molecule has 1 saturated heterocycles. The third-order valence-electron chi connectivity index (χ3n) is 5.97. The van der Waals surface area contributed by atoms with Crippen LogP contribution in [-0.4, -0.2) is 76.8 Å². The maximum Gasteiger partial charge on any atom is 0.257 e. The van der Waals surface area contributed by atoms with E-state index < -0.39 is 10.0 Å². The Morgan fingerprint density at radius 3 is 2.41 bits per heavy atom. The molecule has 0 aliphatic carbocycles. The fraction of sp³-hybridized carbons (Fsp3) is 0.391. The van der Waals surface area contributed by atoms with Crippen molar-refractivity contribution in [2.75, 3.05) is 33.3 Å². The number of sulfonamides is 1. The van der Waals surface area contributed by atoms with E-state index in [2.05, 4.69) is 15.3 Å². The summed E-state index contributed by atoms with van der Waals surface area (Å²) in [5.74, 6) is 0.702. The van der Waals surface area contributed by atoms with Crippen LogP contribution in [0.5, 0.6) is 5.88 Å². The van der Waals surface area contributed by atoms with Gasteiger partial charge in [-0.15, -0.1) is 10.2 Å². The zero-order valence-corrected chi connectivity index (χ0v) is 20.5. The van der Waals surface area contributed by atoms with Crippen molar-refractivity contribution >= 4 is 15.9 Å². The Kier molecular flexibility index (Phi) is 6.67. The molecule has 0 radical (unpaired) electrons. The molecule has 0 unspecified atom stereocenters. The number of aryl methyl sites for hydroxylation is 2. The minimum absolute atomic E-state index is 0.173. The fourth-order valence-electron chi connectivity index (χ4n) is 4.05. The van der Waals surface area contributed by atoms with E-state index in [1.165, 1.54) is 17.6 Å². The normalized spacial score (nSPS) is 14.9. The summed E-state index contributed by atoms with van der Waals surface area (Å²) in [7, 11) is -2.11. The first-order valence-corrected chi connectivity index (χ1v) is 12.5. The SMILES string of the molecule is CCc1c(C(=O)N2CCN(S(=O)(=O)c3cc(C)ccc3C)CC2)cnn1-c1ccc(OC)nn1. The highest BCUT2D eigenvalue weighted by molar-refractivity contribution is 7.89. The van der Waals surface area contributed by atoms with E-state index in [0.717, 1.165) is 11.3 Å². The molecule has 1 amide bonds. The summed E-state index contributed by atoms with van der Waals surface area (Å²) >= 11 is 0. The summed E-state index contributed by atoms with van der Waals surface area (Å²) in [6.07, 6.45) is 2.10. The van der Waals surface area contributed by atoms with Gasteiger partial charge < -0.3 is 9.64 Å². The average Bonchev–Trinajstić information content (AvgIpc) is 3.29. The predicted molar refractivity (Wildman–Crippen MR) is 126 cm³/mol. The molecule has 0 bridgehead atoms. The second kappa shape index (κ2) is 9.51. The van der Waals surface area contributed by atoms with Crippen molar-refractivity contribution in [3.8, 4) is 11.7 Å². The van der Waals surface area contributed by atoms with Crippen molar-refractivity contribution in [1.82, 2.24) is 29.2 Å². The third kappa shape index (κ3) is 4.40. The first-order valence-electron chi connectivity index (χ1n) is 11.1. The lowest BCUT2D eigenvalue weighted by molar-refractivity contribution is 0.0696. The average molecular weight is 485 g/mol. The Morgan fingerprint density at radius 1 is 1.06 bits per heavy atom. The zero-order chi connectivity index (χ0) is 24.5. The van der Waals surface area contributed by atoms with Gasteiger partial charge in [0.15, 0.2) is 5.82 Å². The first-order chi connectivity index (χ1) is 16.3. The van der Waals surface area contributed by atoms with Gasteiger partial charge in [0.2, 0.25) is 15.9 Å². The molecule has 0 spiro atoms. The molecule has 11 heteroatoms. The number of methoxy groups -OCH3 is 1. The van der Waals surface area contributed by atoms with E-state index in [1.807, 2.05) is 26.0 Å². The molecular formula is C23H28N6O4S. The van der Waals surface area contributed by atoms with Crippen LogP contribution in [0.2, 0.25) is 0 Å². The summed E-state index contributed by atoms with van der Waals surface area (Å²) in [6, 6.07) is 8.82. The molecule has 34 heavy (non-hydrogen) atoms. The van der Waals surface area contributed by atoms with E-state index >= 15 is 0 Å². The van der Waals surface area contributed by atoms with Crippen LogP contribution in [0.15, 0.2) is 41.4 Å². The molecule has 1 fully saturated rings. The highest BCUT2D eigenvalue weighted by atomic mass is 32.2. The number of nitrogens with zero attached hydrogens (tertiary/aromatic N) is 6. The number of carbonyl (C=O) groups is 1. The molecule has 0 saturated carbocycles. The Hall–Kier alpha value is -3.31. The van der Waals surface area contributed by atoms with Crippen molar-refractivity contribution in [3.63, 3.8) is 0 Å². The lowest BCUT2D eigenvalue weighted by Gasteiger charge is -2.34. The van der Waals surface area contributed by atoms with Crippen LogP contribution in [0.4, 0.5) is 0 Å². The summed E-state index contributed by atoms with van der Waals surface area (Å²) < 4.78 is 34.5. The topological polar surface area (TPSA) is 111 Å². The van der Waals surface area contributed by atoms with Gasteiger partial charge in [-0.3, -0.25) is 4.79 Å². The van der Waals surface area contributed by atoms with E-state index in [0.29, 0.717) is 47.2 Å². The summed E-state index contributed by atoms with van der Waals surface area (Å²) in [5, 5.41) is 12.4. The van der Waals surface area contributed by atoms with Crippen LogP contribution in [0.3, 0.4) is 0 Å². The molecule has 2 aromatic heterocycles. The van der Waals surface area contributed by atoms with Crippen molar-refractivity contribution in [3.05, 3.63) is 58.9 Å². The Bertz CT molecular complexity index is 1300. The lowest BCUT2D eigenvalue weighted by atomic mass is 10.1. The standard InChI is InChI=1S/C23H28N6O4S/c1-5-19-18(15-24-29(19)21-8-9-22(33-4)26-25-21)23(30)27-10-12-28(13-11-27)34(31,32)20-14-16(2)6-7-17(20)3/h6-9,14-15H,5,10-13H2,1-4H3. The number of piperazine rings is 1. The van der Waals surface area contributed by atoms with Gasteiger partial charge in [0.25, 0.3) is 5.91 Å². The molecule has 10 nitrogen and oxygen atoms in total. The molecule has 1 aliphatic rings. The molecular weight excluding hydrogens is 456 g/mol. The van der Waals surface area contributed by atoms with Crippen LogP contribution in [0, 0.1) is 13.8 Å². The van der Waals surface area contributed by atoms with E-state index in [-0.39, 0.29) is 19.0 Å². The van der Waals surface area contributed by atoms with Gasteiger partial charge in [0.05, 0.1) is 29.5 Å². The summed E-state index contributed by atoms with van der Waals surface area (Å²) in [4.78, 5) is 15.3. The number of ether oxygens (including phenoxy) is 1. The third-order valence-corrected chi connectivity index (χ3v) is 8.01. The van der Waals surface area contributed by atoms with Gasteiger partial charge >= 0.3 is 0 Å². The monoisotopic (exact) mass is 484 g/mol. The Balaban J connectivity index is 1.50. The second-order valence-electron chi connectivity index (χ2n) is 8.17. The number of benzene rings is 1. The maximum atomic E-state index is 13.3. The van der Waals surface area contributed by atoms with Crippen molar-refractivity contribution < 1.29 is 17.9 Å². The number of rotatable bonds is 6. The zero-order valence-electron chi connectivity index (χ0n) is 19.7. The Morgan fingerprint density at radius 2 is 1.79 bits per heavy atom. The molecule has 4 rings (SSSR count). The first kappa shape index (κ1) is 23.8. The molecule has 0 N–H and O–H groups in total. The second-order valence-corrected chi connectivity index (χ2v) is 10.1. The smallest absolute Gasteiger partial charge is 0.257 e. The summed E-state index contributed by atoms with van der Waals surface area (Å²) in [6.45, 7) is 6.69. The maximum absolute atomic E-state index is 13.3. The molecule has 180 valence electrons. The van der Waals surface area contributed by atoms with Gasteiger partial charge in [0, 0.05) is 32.2 Å². The van der Waals surface area contributed by atoms with Crippen LogP contribution < -0.4 is 4.74 Å². The number of hydrogen-bond donors (Lipinski definition) is 0. The minimum Gasteiger partial charge on any atom is -0.480 e. The molecule has 1 aromatic carbocycles. The quantitative estimate of drug-likeness (QED) is 0.526. The lowest BCUT2D eigenvalue weighted by Crippen LogP contribution is -2.50. The van der Waals surface area contributed by atoms with Crippen molar-refractivity contribution in [1.29, 1.82) is 0 Å². The van der Waals surface area contributed by atoms with E-state index in [1.54, 1.807) is 34.7 Å². The molecule has 0 atom stereocenters. The van der Waals surface area contributed by atoms with Gasteiger partial charge in [-0.05, 0) is 43.5 Å². The van der Waals surface area contributed by atoms with E-state index in [4.69, 9.17) is 4.74 Å². The van der Waals surface area contributed by atoms with Crippen LogP contribution in [-0.2, 0) is 16.4 Å². The number of hydrogen-bond acceptors (Lipinski definition) is 7. The number of carbonyl (C=O) groups excluding carboxylic acids is 1. The number of amides is 1. The van der Waals surface area contributed by atoms with Gasteiger partial charge in [-0.1, -0.05) is 19.1 Å². The predicted octanol–water partition coefficient (Wildman–Crippen LogP) is 2.00. The summed E-state index contributed by atoms with van der Waals surface area (Å²) in [5.41, 5.74) is 2.80. The van der Waals surface area contributed by atoms with Gasteiger partial charge in [-0.25, -0.2) is 13.1 Å². The molecule has 3 aromatic rings. The minimum atomic E-state index is -3.63.